The van der Waals surface area contributed by atoms with Gasteiger partial charge in [-0.2, -0.15) is 0 Å². The first-order chi connectivity index (χ1) is 5.70. The third-order valence-electron chi connectivity index (χ3n) is 2.57. The topological polar surface area (TPSA) is 43.1 Å². The molecule has 0 saturated heterocycles. The van der Waals surface area contributed by atoms with Gasteiger partial charge >= 0.3 is 0 Å². The molecule has 0 bridgehead atoms. The van der Waals surface area contributed by atoms with Gasteiger partial charge in [0, 0.05) is 0 Å². The molecule has 1 aliphatic carbocycles. The molecule has 1 aliphatic rings. The molecule has 2 N–H and O–H groups in total. The van der Waals surface area contributed by atoms with Crippen molar-refractivity contribution in [2.24, 2.45) is 11.7 Å². The minimum absolute atomic E-state index is 0.373. The van der Waals surface area contributed by atoms with Gasteiger partial charge in [-0.05, 0) is 12.3 Å². The predicted molar refractivity (Wildman–Crippen MR) is 50.0 cm³/mol. The fourth-order valence-electron chi connectivity index (χ4n) is 1.83. The van der Waals surface area contributed by atoms with Gasteiger partial charge < -0.3 is 5.73 Å². The Labute approximate surface area is 78.5 Å². The number of amides is 1. The van der Waals surface area contributed by atoms with Crippen LogP contribution in [0.2, 0.25) is 0 Å². The molecule has 1 amide bonds. The van der Waals surface area contributed by atoms with Crippen LogP contribution in [0.4, 0.5) is 0 Å². The summed E-state index contributed by atoms with van der Waals surface area (Å²) in [6, 6.07) is 0. The summed E-state index contributed by atoms with van der Waals surface area (Å²) in [5, 5.41) is -0.451. The molecule has 1 unspecified atom stereocenters. The molecule has 1 fully saturated rings. The maximum absolute atomic E-state index is 10.7. The molecule has 2 nitrogen and oxygen atoms in total. The summed E-state index contributed by atoms with van der Waals surface area (Å²) in [5.41, 5.74) is 5.08. The van der Waals surface area contributed by atoms with Crippen LogP contribution in [0.3, 0.4) is 0 Å². The molecular formula is C9H16ClNO. The maximum Gasteiger partial charge on any atom is 0.235 e. The summed E-state index contributed by atoms with van der Waals surface area (Å²) in [6.45, 7) is 0. The van der Waals surface area contributed by atoms with Crippen LogP contribution >= 0.6 is 11.6 Å². The monoisotopic (exact) mass is 189 g/mol. The molecule has 3 heteroatoms. The first-order valence-electron chi connectivity index (χ1n) is 4.63. The molecule has 1 saturated carbocycles. The lowest BCUT2D eigenvalue weighted by Crippen LogP contribution is -2.26. The van der Waals surface area contributed by atoms with Gasteiger partial charge in [-0.1, -0.05) is 32.1 Å². The number of nitrogens with two attached hydrogens (primary N) is 1. The largest absolute Gasteiger partial charge is 0.368 e. The van der Waals surface area contributed by atoms with Crippen molar-refractivity contribution in [1.29, 1.82) is 0 Å². The van der Waals surface area contributed by atoms with E-state index in [0.717, 1.165) is 6.42 Å². The summed E-state index contributed by atoms with van der Waals surface area (Å²) < 4.78 is 0. The Hall–Kier alpha value is -0.240. The van der Waals surface area contributed by atoms with E-state index in [4.69, 9.17) is 17.3 Å². The molecule has 12 heavy (non-hydrogen) atoms. The van der Waals surface area contributed by atoms with Crippen LogP contribution in [0.5, 0.6) is 0 Å². The second-order valence-electron chi connectivity index (χ2n) is 3.61. The van der Waals surface area contributed by atoms with Crippen LogP contribution < -0.4 is 5.73 Å². The van der Waals surface area contributed by atoms with Gasteiger partial charge in [0.15, 0.2) is 0 Å². The lowest BCUT2D eigenvalue weighted by molar-refractivity contribution is -0.118. The van der Waals surface area contributed by atoms with E-state index in [1.165, 1.54) is 32.1 Å². The predicted octanol–water partition coefficient (Wildman–Crippen LogP) is 2.05. The summed E-state index contributed by atoms with van der Waals surface area (Å²) in [5.74, 6) is 0.260. The summed E-state index contributed by atoms with van der Waals surface area (Å²) >= 11 is 5.77. The summed E-state index contributed by atoms with van der Waals surface area (Å²) in [4.78, 5) is 10.7. The molecule has 0 heterocycles. The third-order valence-corrected chi connectivity index (χ3v) is 2.97. The van der Waals surface area contributed by atoms with E-state index in [0.29, 0.717) is 5.92 Å². The SMILES string of the molecule is NC(=O)C(Cl)CC1CCCCC1. The highest BCUT2D eigenvalue weighted by molar-refractivity contribution is 6.30. The van der Waals surface area contributed by atoms with E-state index in [1.54, 1.807) is 0 Å². The van der Waals surface area contributed by atoms with Gasteiger partial charge in [0.25, 0.3) is 0 Å². The fraction of sp³-hybridized carbons (Fsp3) is 0.889. The molecule has 0 aliphatic heterocycles. The number of rotatable bonds is 3. The van der Waals surface area contributed by atoms with Crippen LogP contribution in [-0.2, 0) is 4.79 Å². The zero-order valence-corrected chi connectivity index (χ0v) is 8.02. The Balaban J connectivity index is 2.24. The summed E-state index contributed by atoms with van der Waals surface area (Å²) in [6.07, 6.45) is 7.12. The van der Waals surface area contributed by atoms with E-state index < -0.39 is 5.38 Å². The van der Waals surface area contributed by atoms with Crippen molar-refractivity contribution >= 4 is 17.5 Å². The van der Waals surface area contributed by atoms with Gasteiger partial charge in [-0.3, -0.25) is 4.79 Å². The van der Waals surface area contributed by atoms with E-state index >= 15 is 0 Å². The molecule has 0 radical (unpaired) electrons. The van der Waals surface area contributed by atoms with Gasteiger partial charge in [0.05, 0.1) is 0 Å². The number of carbonyl (C=O) groups excluding carboxylic acids is 1. The molecule has 0 spiro atoms. The standard InChI is InChI=1S/C9H16ClNO/c10-8(9(11)12)6-7-4-2-1-3-5-7/h7-8H,1-6H2,(H2,11,12). The Morgan fingerprint density at radius 2 is 2.00 bits per heavy atom. The van der Waals surface area contributed by atoms with Crippen molar-refractivity contribution in [1.82, 2.24) is 0 Å². The Morgan fingerprint density at radius 1 is 1.42 bits per heavy atom. The van der Waals surface area contributed by atoms with Crippen molar-refractivity contribution in [3.63, 3.8) is 0 Å². The van der Waals surface area contributed by atoms with Crippen LogP contribution in [0, 0.1) is 5.92 Å². The lowest BCUT2D eigenvalue weighted by Gasteiger charge is -2.22. The van der Waals surface area contributed by atoms with Crippen molar-refractivity contribution in [2.45, 2.75) is 43.9 Å². The average Bonchev–Trinajstić information content (AvgIpc) is 2.06. The maximum atomic E-state index is 10.7. The molecule has 0 aromatic heterocycles. The zero-order valence-electron chi connectivity index (χ0n) is 7.26. The van der Waals surface area contributed by atoms with Gasteiger partial charge in [-0.25, -0.2) is 0 Å². The third kappa shape index (κ3) is 3.02. The lowest BCUT2D eigenvalue weighted by atomic mass is 9.86. The number of primary amides is 1. The van der Waals surface area contributed by atoms with Crippen LogP contribution in [0.1, 0.15) is 38.5 Å². The fourth-order valence-corrected chi connectivity index (χ4v) is 2.08. The number of alkyl halides is 1. The average molecular weight is 190 g/mol. The van der Waals surface area contributed by atoms with Crippen molar-refractivity contribution in [3.8, 4) is 0 Å². The molecule has 1 rings (SSSR count). The van der Waals surface area contributed by atoms with Gasteiger partial charge in [0.2, 0.25) is 5.91 Å². The normalized spacial score (nSPS) is 22.1. The van der Waals surface area contributed by atoms with Crippen LogP contribution in [0.15, 0.2) is 0 Å². The van der Waals surface area contributed by atoms with Crippen molar-refractivity contribution in [3.05, 3.63) is 0 Å². The Kier molecular flexibility index (Phi) is 3.86. The molecule has 1 atom stereocenters. The molecule has 0 aromatic carbocycles. The highest BCUT2D eigenvalue weighted by atomic mass is 35.5. The molecule has 0 aromatic rings. The van der Waals surface area contributed by atoms with Crippen molar-refractivity contribution in [2.75, 3.05) is 0 Å². The number of carbonyl (C=O) groups is 1. The smallest absolute Gasteiger partial charge is 0.235 e. The van der Waals surface area contributed by atoms with Gasteiger partial charge in [0.1, 0.15) is 5.38 Å². The van der Waals surface area contributed by atoms with Crippen molar-refractivity contribution < 1.29 is 4.79 Å². The second kappa shape index (κ2) is 4.70. The van der Waals surface area contributed by atoms with Gasteiger partial charge in [-0.15, -0.1) is 11.6 Å². The van der Waals surface area contributed by atoms with E-state index in [-0.39, 0.29) is 5.91 Å². The first-order valence-corrected chi connectivity index (χ1v) is 5.07. The molecular weight excluding hydrogens is 174 g/mol. The number of hydrogen-bond donors (Lipinski definition) is 1. The summed E-state index contributed by atoms with van der Waals surface area (Å²) in [7, 11) is 0. The van der Waals surface area contributed by atoms with E-state index in [1.807, 2.05) is 0 Å². The Bertz CT molecular complexity index is 155. The minimum atomic E-state index is -0.451. The number of halogens is 1. The molecule has 70 valence electrons. The number of hydrogen-bond acceptors (Lipinski definition) is 1. The quantitative estimate of drug-likeness (QED) is 0.679. The Morgan fingerprint density at radius 3 is 2.50 bits per heavy atom. The minimum Gasteiger partial charge on any atom is -0.368 e. The second-order valence-corrected chi connectivity index (χ2v) is 4.14. The zero-order chi connectivity index (χ0) is 8.97. The van der Waals surface area contributed by atoms with E-state index in [2.05, 4.69) is 0 Å². The first kappa shape index (κ1) is 9.85. The van der Waals surface area contributed by atoms with E-state index in [9.17, 15) is 4.79 Å². The highest BCUT2D eigenvalue weighted by Crippen LogP contribution is 2.28. The highest BCUT2D eigenvalue weighted by Gasteiger charge is 2.20. The van der Waals surface area contributed by atoms with Crippen LogP contribution in [0.25, 0.3) is 0 Å². The van der Waals surface area contributed by atoms with Crippen LogP contribution in [-0.4, -0.2) is 11.3 Å².